The second-order valence-corrected chi connectivity index (χ2v) is 6.60. The number of hydrogen-bond acceptors (Lipinski definition) is 4. The number of nitrogens with one attached hydrogen (secondary N) is 2. The normalized spacial score (nSPS) is 10.1. The molecule has 6 heteroatoms. The molecular weight excluding hydrogens is 360 g/mol. The zero-order valence-electron chi connectivity index (χ0n) is 14.8. The van der Waals surface area contributed by atoms with Gasteiger partial charge >= 0.3 is 6.03 Å². The number of ether oxygens (including phenoxy) is 2. The Bertz CT molecular complexity index is 887. The fourth-order valence-corrected chi connectivity index (χ4v) is 3.28. The molecular formula is C21H20N2O3S. The van der Waals surface area contributed by atoms with E-state index in [1.807, 2.05) is 66.7 Å². The Kier molecular flexibility index (Phi) is 6.60. The van der Waals surface area contributed by atoms with Crippen molar-refractivity contribution >= 4 is 23.5 Å². The average molecular weight is 380 g/mol. The zero-order valence-corrected chi connectivity index (χ0v) is 15.7. The summed E-state index contributed by atoms with van der Waals surface area (Å²) in [6.45, 7) is 0.0280. The SMILES string of the molecule is COc1ccccc1OCNC(=O)Nc1ccccc1Sc1ccccc1. The molecule has 0 fully saturated rings. The maximum atomic E-state index is 12.2. The second-order valence-electron chi connectivity index (χ2n) is 5.48. The van der Waals surface area contributed by atoms with Crippen LogP contribution in [-0.2, 0) is 0 Å². The summed E-state index contributed by atoms with van der Waals surface area (Å²) in [5.74, 6) is 1.18. The molecule has 5 nitrogen and oxygen atoms in total. The van der Waals surface area contributed by atoms with E-state index in [1.54, 1.807) is 31.0 Å². The van der Waals surface area contributed by atoms with Crippen LogP contribution < -0.4 is 20.1 Å². The summed E-state index contributed by atoms with van der Waals surface area (Å²) < 4.78 is 10.8. The Morgan fingerprint density at radius 3 is 2.33 bits per heavy atom. The van der Waals surface area contributed by atoms with Crippen LogP contribution in [0.4, 0.5) is 10.5 Å². The van der Waals surface area contributed by atoms with Crippen molar-refractivity contribution in [1.29, 1.82) is 0 Å². The van der Waals surface area contributed by atoms with Gasteiger partial charge < -0.3 is 20.1 Å². The van der Waals surface area contributed by atoms with Crippen molar-refractivity contribution in [3.05, 3.63) is 78.9 Å². The number of carbonyl (C=O) groups excluding carboxylic acids is 1. The molecule has 2 N–H and O–H groups in total. The molecule has 0 saturated heterocycles. The number of urea groups is 1. The molecule has 0 aliphatic carbocycles. The molecule has 0 aliphatic rings. The predicted octanol–water partition coefficient (Wildman–Crippen LogP) is 5.00. The Hall–Kier alpha value is -3.12. The number of methoxy groups -OCH3 is 1. The van der Waals surface area contributed by atoms with E-state index >= 15 is 0 Å². The highest BCUT2D eigenvalue weighted by Crippen LogP contribution is 2.33. The highest BCUT2D eigenvalue weighted by Gasteiger charge is 2.08. The lowest BCUT2D eigenvalue weighted by Gasteiger charge is -2.13. The van der Waals surface area contributed by atoms with E-state index < -0.39 is 0 Å². The first-order valence-corrected chi connectivity index (χ1v) is 9.20. The van der Waals surface area contributed by atoms with Gasteiger partial charge in [-0.2, -0.15) is 0 Å². The van der Waals surface area contributed by atoms with Crippen LogP contribution in [0, 0.1) is 0 Å². The Balaban J connectivity index is 1.56. The maximum absolute atomic E-state index is 12.2. The van der Waals surface area contributed by atoms with E-state index in [1.165, 1.54) is 0 Å². The lowest BCUT2D eigenvalue weighted by molar-refractivity contribution is 0.231. The van der Waals surface area contributed by atoms with Gasteiger partial charge in [-0.15, -0.1) is 0 Å². The molecule has 3 aromatic rings. The van der Waals surface area contributed by atoms with E-state index in [0.29, 0.717) is 11.5 Å². The third kappa shape index (κ3) is 5.43. The van der Waals surface area contributed by atoms with Crippen LogP contribution in [0.25, 0.3) is 0 Å². The first-order valence-electron chi connectivity index (χ1n) is 8.39. The van der Waals surface area contributed by atoms with Crippen LogP contribution in [0.5, 0.6) is 11.5 Å². The number of carbonyl (C=O) groups is 1. The molecule has 27 heavy (non-hydrogen) atoms. The van der Waals surface area contributed by atoms with E-state index in [0.717, 1.165) is 15.5 Å². The average Bonchev–Trinajstić information content (AvgIpc) is 2.70. The van der Waals surface area contributed by atoms with Crippen LogP contribution in [0.15, 0.2) is 88.7 Å². The summed E-state index contributed by atoms with van der Waals surface area (Å²) >= 11 is 1.59. The molecule has 0 aromatic heterocycles. The van der Waals surface area contributed by atoms with Gasteiger partial charge in [-0.05, 0) is 36.4 Å². The van der Waals surface area contributed by atoms with E-state index in [-0.39, 0.29) is 12.8 Å². The minimum absolute atomic E-state index is 0.0280. The van der Waals surface area contributed by atoms with Crippen molar-refractivity contribution in [2.75, 3.05) is 19.2 Å². The molecule has 0 bridgehead atoms. The smallest absolute Gasteiger partial charge is 0.321 e. The van der Waals surface area contributed by atoms with Gasteiger partial charge in [0, 0.05) is 9.79 Å². The number of benzene rings is 3. The van der Waals surface area contributed by atoms with Crippen LogP contribution in [0.3, 0.4) is 0 Å². The Morgan fingerprint density at radius 2 is 1.56 bits per heavy atom. The van der Waals surface area contributed by atoms with Gasteiger partial charge in [0.1, 0.15) is 0 Å². The minimum atomic E-state index is -0.342. The summed E-state index contributed by atoms with van der Waals surface area (Å²) in [5.41, 5.74) is 0.737. The Morgan fingerprint density at radius 1 is 0.889 bits per heavy atom. The highest BCUT2D eigenvalue weighted by molar-refractivity contribution is 7.99. The highest BCUT2D eigenvalue weighted by atomic mass is 32.2. The van der Waals surface area contributed by atoms with Crippen LogP contribution in [-0.4, -0.2) is 19.9 Å². The molecule has 0 aliphatic heterocycles. The lowest BCUT2D eigenvalue weighted by Crippen LogP contribution is -2.32. The monoisotopic (exact) mass is 380 g/mol. The van der Waals surface area contributed by atoms with Crippen LogP contribution in [0.1, 0.15) is 0 Å². The van der Waals surface area contributed by atoms with Gasteiger partial charge in [0.2, 0.25) is 0 Å². The molecule has 0 saturated carbocycles. The van der Waals surface area contributed by atoms with Crippen LogP contribution in [0.2, 0.25) is 0 Å². The fraction of sp³-hybridized carbons (Fsp3) is 0.0952. The number of anilines is 1. The summed E-state index contributed by atoms with van der Waals surface area (Å²) in [4.78, 5) is 14.3. The molecule has 138 valence electrons. The largest absolute Gasteiger partial charge is 0.493 e. The van der Waals surface area contributed by atoms with Crippen LogP contribution >= 0.6 is 11.8 Å². The van der Waals surface area contributed by atoms with E-state index in [4.69, 9.17) is 9.47 Å². The Labute approximate surface area is 162 Å². The van der Waals surface area contributed by atoms with Crippen molar-refractivity contribution in [2.24, 2.45) is 0 Å². The van der Waals surface area contributed by atoms with Gasteiger partial charge in [0.05, 0.1) is 12.8 Å². The quantitative estimate of drug-likeness (QED) is 0.566. The van der Waals surface area contributed by atoms with Crippen molar-refractivity contribution in [2.45, 2.75) is 9.79 Å². The molecule has 0 unspecified atom stereocenters. The number of amides is 2. The van der Waals surface area contributed by atoms with Gasteiger partial charge in [-0.25, -0.2) is 4.79 Å². The zero-order chi connectivity index (χ0) is 18.9. The number of hydrogen-bond donors (Lipinski definition) is 2. The van der Waals surface area contributed by atoms with Gasteiger partial charge in [-0.1, -0.05) is 54.2 Å². The predicted molar refractivity (Wildman–Crippen MR) is 108 cm³/mol. The van der Waals surface area contributed by atoms with Gasteiger partial charge in [0.15, 0.2) is 18.2 Å². The molecule has 0 spiro atoms. The summed E-state index contributed by atoms with van der Waals surface area (Å²) in [6, 6.07) is 24.6. The fourth-order valence-electron chi connectivity index (χ4n) is 2.36. The number of para-hydroxylation sites is 3. The summed E-state index contributed by atoms with van der Waals surface area (Å²) in [7, 11) is 1.57. The topological polar surface area (TPSA) is 59.6 Å². The third-order valence-corrected chi connectivity index (χ3v) is 4.72. The molecule has 0 heterocycles. The molecule has 0 radical (unpaired) electrons. The van der Waals surface area contributed by atoms with Crippen molar-refractivity contribution < 1.29 is 14.3 Å². The molecule has 3 aromatic carbocycles. The summed E-state index contributed by atoms with van der Waals surface area (Å²) in [5, 5.41) is 5.55. The first kappa shape index (κ1) is 18.7. The van der Waals surface area contributed by atoms with Crippen molar-refractivity contribution in [3.8, 4) is 11.5 Å². The number of rotatable bonds is 7. The van der Waals surface area contributed by atoms with Gasteiger partial charge in [0.25, 0.3) is 0 Å². The third-order valence-electron chi connectivity index (χ3n) is 3.64. The summed E-state index contributed by atoms with van der Waals surface area (Å²) in [6.07, 6.45) is 0. The second kappa shape index (κ2) is 9.54. The molecule has 3 rings (SSSR count). The van der Waals surface area contributed by atoms with Crippen molar-refractivity contribution in [1.82, 2.24) is 5.32 Å². The van der Waals surface area contributed by atoms with E-state index in [9.17, 15) is 4.79 Å². The molecule has 2 amide bonds. The minimum Gasteiger partial charge on any atom is -0.493 e. The van der Waals surface area contributed by atoms with E-state index in [2.05, 4.69) is 10.6 Å². The maximum Gasteiger partial charge on any atom is 0.321 e. The lowest BCUT2D eigenvalue weighted by atomic mass is 10.3. The molecule has 0 atom stereocenters. The van der Waals surface area contributed by atoms with Crippen molar-refractivity contribution in [3.63, 3.8) is 0 Å². The first-order chi connectivity index (χ1) is 13.3. The standard InChI is InChI=1S/C21H20N2O3S/c1-25-18-12-6-7-13-19(18)26-15-22-21(24)23-17-11-5-8-14-20(17)27-16-9-3-2-4-10-16/h2-14H,15H2,1H3,(H2,22,23,24). The van der Waals surface area contributed by atoms with Gasteiger partial charge in [-0.3, -0.25) is 0 Å².